The molecule has 0 fully saturated rings. The monoisotopic (exact) mass is 259 g/mol. The number of halogens is 1. The number of aromatic nitrogens is 3. The molecule has 6 heteroatoms. The Balaban J connectivity index is 2.62. The lowest BCUT2D eigenvalue weighted by Crippen LogP contribution is -2.35. The lowest BCUT2D eigenvalue weighted by molar-refractivity contribution is 0.628. The summed E-state index contributed by atoms with van der Waals surface area (Å²) in [5.41, 5.74) is -0.114. The summed E-state index contributed by atoms with van der Waals surface area (Å²) in [4.78, 5) is 27.5. The van der Waals surface area contributed by atoms with Crippen LogP contribution in [0.25, 0.3) is 22.3 Å². The Morgan fingerprint density at radius 2 is 1.84 bits per heavy atom. The Kier molecular flexibility index (Phi) is 2.28. The van der Waals surface area contributed by atoms with Gasteiger partial charge in [0, 0.05) is 14.1 Å². The number of aryl methyl sites for hydroxylation is 1. The molecule has 0 unspecified atom stereocenters. The highest BCUT2D eigenvalue weighted by Gasteiger charge is 2.16. The summed E-state index contributed by atoms with van der Waals surface area (Å²) >= 11 is 0. The van der Waals surface area contributed by atoms with E-state index in [-0.39, 0.29) is 11.6 Å². The number of hydrogen-bond donors (Lipinski definition) is 0. The second kappa shape index (κ2) is 3.74. The molecule has 5 nitrogen and oxygen atoms in total. The number of pyridine rings is 1. The van der Waals surface area contributed by atoms with Crippen molar-refractivity contribution >= 4 is 10.9 Å². The highest BCUT2D eigenvalue weighted by atomic mass is 19.1. The van der Waals surface area contributed by atoms with Gasteiger partial charge in [0.15, 0.2) is 5.82 Å². The van der Waals surface area contributed by atoms with E-state index in [1.165, 1.54) is 19.2 Å². The van der Waals surface area contributed by atoms with Crippen molar-refractivity contribution in [2.24, 2.45) is 14.1 Å². The third-order valence-electron chi connectivity index (χ3n) is 3.24. The topological polar surface area (TPSA) is 56.9 Å². The van der Waals surface area contributed by atoms with Crippen LogP contribution in [0.1, 0.15) is 0 Å². The highest BCUT2D eigenvalue weighted by Crippen LogP contribution is 2.23. The molecular formula is C13H10FN3O2. The van der Waals surface area contributed by atoms with Gasteiger partial charge in [-0.2, -0.15) is 4.98 Å². The van der Waals surface area contributed by atoms with Crippen molar-refractivity contribution in [1.82, 2.24) is 14.1 Å². The lowest BCUT2D eigenvalue weighted by Gasteiger charge is -2.14. The van der Waals surface area contributed by atoms with Gasteiger partial charge in [0.05, 0.1) is 11.1 Å². The molecule has 2 heterocycles. The first-order chi connectivity index (χ1) is 8.99. The van der Waals surface area contributed by atoms with Crippen LogP contribution in [0.2, 0.25) is 0 Å². The van der Waals surface area contributed by atoms with Crippen LogP contribution in [0.3, 0.4) is 0 Å². The van der Waals surface area contributed by atoms with Gasteiger partial charge in [-0.1, -0.05) is 0 Å². The summed E-state index contributed by atoms with van der Waals surface area (Å²) in [7, 11) is 3.03. The maximum Gasteiger partial charge on any atom is 0.352 e. The summed E-state index contributed by atoms with van der Waals surface area (Å²) in [6, 6.07) is 5.89. The summed E-state index contributed by atoms with van der Waals surface area (Å²) in [5.74, 6) is -0.125. The van der Waals surface area contributed by atoms with Gasteiger partial charge in [0.2, 0.25) is 0 Å². The van der Waals surface area contributed by atoms with Gasteiger partial charge >= 0.3 is 5.69 Å². The maximum absolute atomic E-state index is 13.3. The van der Waals surface area contributed by atoms with E-state index in [0.29, 0.717) is 16.5 Å². The van der Waals surface area contributed by atoms with Crippen molar-refractivity contribution in [3.63, 3.8) is 0 Å². The number of hydrogen-bond acceptors (Lipinski definition) is 3. The van der Waals surface area contributed by atoms with Crippen molar-refractivity contribution in [3.8, 4) is 11.4 Å². The van der Waals surface area contributed by atoms with E-state index in [4.69, 9.17) is 0 Å². The van der Waals surface area contributed by atoms with Crippen LogP contribution in [0.15, 0.2) is 33.9 Å². The summed E-state index contributed by atoms with van der Waals surface area (Å²) in [5, 5.41) is 0.717. The molecule has 1 aromatic rings. The Bertz CT molecular complexity index is 895. The first kappa shape index (κ1) is 11.6. The summed E-state index contributed by atoms with van der Waals surface area (Å²) < 4.78 is 15.8. The van der Waals surface area contributed by atoms with Gasteiger partial charge in [0.25, 0.3) is 5.56 Å². The maximum atomic E-state index is 13.3. The van der Waals surface area contributed by atoms with Crippen LogP contribution in [0.4, 0.5) is 4.39 Å². The van der Waals surface area contributed by atoms with Crippen molar-refractivity contribution < 1.29 is 4.39 Å². The molecule has 0 saturated carbocycles. The van der Waals surface area contributed by atoms with Gasteiger partial charge in [0.1, 0.15) is 5.82 Å². The molecule has 96 valence electrons. The Morgan fingerprint density at radius 1 is 1.11 bits per heavy atom. The standard InChI is InChI=1S/C13H10FN3O2/c1-16-10-6-8(14)4-3-7(10)5-9-11(16)15-13(19)17(2)12(9)18/h3-6H,1-2H3. The number of nitrogens with zero attached hydrogens (tertiary/aromatic N) is 3. The summed E-state index contributed by atoms with van der Waals surface area (Å²) in [6.45, 7) is 0. The first-order valence-electron chi connectivity index (χ1n) is 5.65. The highest BCUT2D eigenvalue weighted by molar-refractivity contribution is 5.85. The Labute approximate surface area is 106 Å². The SMILES string of the molecule is Cn1c(=O)nc2n(C)c3cc(F)ccc3cc-2c1=O. The second-order valence-electron chi connectivity index (χ2n) is 4.40. The van der Waals surface area contributed by atoms with E-state index in [2.05, 4.69) is 4.98 Å². The van der Waals surface area contributed by atoms with Crippen molar-refractivity contribution in [3.05, 3.63) is 50.9 Å². The minimum atomic E-state index is -0.621. The molecule has 0 aliphatic carbocycles. The molecule has 0 radical (unpaired) electrons. The van der Waals surface area contributed by atoms with Gasteiger partial charge in [-0.25, -0.2) is 9.18 Å². The molecule has 2 aliphatic heterocycles. The fraction of sp³-hybridized carbons (Fsp3) is 0.154. The molecule has 19 heavy (non-hydrogen) atoms. The average molecular weight is 259 g/mol. The normalized spacial score (nSPS) is 11.3. The van der Waals surface area contributed by atoms with Gasteiger partial charge in [-0.3, -0.25) is 9.36 Å². The van der Waals surface area contributed by atoms with Gasteiger partial charge in [-0.15, -0.1) is 0 Å². The van der Waals surface area contributed by atoms with E-state index in [9.17, 15) is 14.0 Å². The molecule has 3 rings (SSSR count). The van der Waals surface area contributed by atoms with Crippen LogP contribution in [-0.4, -0.2) is 14.1 Å². The minimum Gasteiger partial charge on any atom is -0.328 e. The van der Waals surface area contributed by atoms with E-state index in [1.54, 1.807) is 23.7 Å². The predicted molar refractivity (Wildman–Crippen MR) is 68.8 cm³/mol. The van der Waals surface area contributed by atoms with Crippen molar-refractivity contribution in [1.29, 1.82) is 0 Å². The number of rotatable bonds is 0. The third kappa shape index (κ3) is 1.56. The molecule has 0 saturated heterocycles. The van der Waals surface area contributed by atoms with E-state index in [0.717, 1.165) is 4.57 Å². The molecule has 2 aliphatic rings. The largest absolute Gasteiger partial charge is 0.352 e. The Morgan fingerprint density at radius 3 is 2.58 bits per heavy atom. The Hall–Kier alpha value is -2.50. The second-order valence-corrected chi connectivity index (χ2v) is 4.40. The molecule has 0 atom stereocenters. The lowest BCUT2D eigenvalue weighted by atomic mass is 10.1. The van der Waals surface area contributed by atoms with Crippen LogP contribution < -0.4 is 11.2 Å². The quantitative estimate of drug-likeness (QED) is 0.563. The van der Waals surface area contributed by atoms with Crippen LogP contribution in [0, 0.1) is 5.82 Å². The number of benzene rings is 1. The molecule has 0 N–H and O–H groups in total. The predicted octanol–water partition coefficient (Wildman–Crippen LogP) is 0.876. The van der Waals surface area contributed by atoms with Gasteiger partial charge < -0.3 is 4.57 Å². The van der Waals surface area contributed by atoms with E-state index >= 15 is 0 Å². The van der Waals surface area contributed by atoms with Crippen LogP contribution >= 0.6 is 0 Å². The molecule has 1 aromatic carbocycles. The van der Waals surface area contributed by atoms with E-state index < -0.39 is 11.2 Å². The van der Waals surface area contributed by atoms with E-state index in [1.807, 2.05) is 0 Å². The third-order valence-corrected chi connectivity index (χ3v) is 3.24. The fourth-order valence-corrected chi connectivity index (χ4v) is 2.17. The zero-order chi connectivity index (χ0) is 13.7. The van der Waals surface area contributed by atoms with Crippen molar-refractivity contribution in [2.45, 2.75) is 0 Å². The zero-order valence-electron chi connectivity index (χ0n) is 10.3. The molecule has 0 amide bonds. The first-order valence-corrected chi connectivity index (χ1v) is 5.65. The summed E-state index contributed by atoms with van der Waals surface area (Å²) in [6.07, 6.45) is 0. The fourth-order valence-electron chi connectivity index (χ4n) is 2.17. The smallest absolute Gasteiger partial charge is 0.328 e. The molecule has 0 aromatic heterocycles. The molecule has 0 bridgehead atoms. The minimum absolute atomic E-state index is 0.256. The molecule has 0 spiro atoms. The van der Waals surface area contributed by atoms with Crippen LogP contribution in [0.5, 0.6) is 0 Å². The van der Waals surface area contributed by atoms with Crippen LogP contribution in [-0.2, 0) is 14.1 Å². The zero-order valence-corrected chi connectivity index (χ0v) is 10.3. The van der Waals surface area contributed by atoms with Gasteiger partial charge in [-0.05, 0) is 29.7 Å². The molecular weight excluding hydrogens is 249 g/mol. The van der Waals surface area contributed by atoms with Crippen molar-refractivity contribution in [2.75, 3.05) is 0 Å². The average Bonchev–Trinajstić information content (AvgIpc) is 2.39. The number of fused-ring (bicyclic) bond motifs is 2.